The quantitative estimate of drug-likeness (QED) is 0.193. The smallest absolute Gasteiger partial charge is 0.266 e. The maximum atomic E-state index is 14.1. The van der Waals surface area contributed by atoms with Crippen LogP contribution in [0.15, 0.2) is 108 Å². The molecule has 3 aliphatic heterocycles. The van der Waals surface area contributed by atoms with Crippen molar-refractivity contribution < 1.29 is 29.3 Å². The van der Waals surface area contributed by atoms with Crippen LogP contribution in [0.5, 0.6) is 11.5 Å². The Kier molecular flexibility index (Phi) is 8.87. The van der Waals surface area contributed by atoms with Crippen molar-refractivity contribution in [3.05, 3.63) is 124 Å². The molecular formula is C39H36BrN3O6. The molecule has 3 amide bonds. The monoisotopic (exact) mass is 721 g/mol. The number of aliphatic hydroxyl groups excluding tert-OH is 1. The fraction of sp³-hybridized carbons (Fsp3) is 0.256. The van der Waals surface area contributed by atoms with Gasteiger partial charge in [0.1, 0.15) is 5.75 Å². The molecule has 1 saturated heterocycles. The molecule has 0 radical (unpaired) electrons. The Hall–Kier alpha value is -4.77. The predicted octanol–water partition coefficient (Wildman–Crippen LogP) is 6.83. The number of benzene rings is 4. The third-order valence-corrected chi connectivity index (χ3v) is 10.2. The number of nitrogens with zero attached hydrogens (tertiary/aromatic N) is 3. The highest BCUT2D eigenvalue weighted by molar-refractivity contribution is 9.10. The number of rotatable bonds is 8. The van der Waals surface area contributed by atoms with Crippen LogP contribution in [0.2, 0.25) is 0 Å². The zero-order chi connectivity index (χ0) is 34.3. The summed E-state index contributed by atoms with van der Waals surface area (Å²) in [6.45, 7) is 2.53. The molecular weight excluding hydrogens is 686 g/mol. The van der Waals surface area contributed by atoms with Crippen molar-refractivity contribution in [2.24, 2.45) is 5.92 Å². The molecule has 0 saturated carbocycles. The van der Waals surface area contributed by atoms with E-state index in [-0.39, 0.29) is 37.4 Å². The van der Waals surface area contributed by atoms with Gasteiger partial charge in [0.25, 0.3) is 11.8 Å². The van der Waals surface area contributed by atoms with Gasteiger partial charge in [-0.25, -0.2) is 0 Å². The van der Waals surface area contributed by atoms with Gasteiger partial charge in [-0.3, -0.25) is 19.3 Å². The van der Waals surface area contributed by atoms with Crippen LogP contribution in [0, 0.1) is 5.92 Å². The average Bonchev–Trinajstić information content (AvgIpc) is 3.64. The summed E-state index contributed by atoms with van der Waals surface area (Å²) < 4.78 is 6.86. The number of hydrogen-bond donors (Lipinski definition) is 2. The second kappa shape index (κ2) is 13.3. The number of carbonyl (C=O) groups excluding carboxylic acids is 3. The van der Waals surface area contributed by atoms with E-state index in [1.807, 2.05) is 66.7 Å². The van der Waals surface area contributed by atoms with Gasteiger partial charge in [0.05, 0.1) is 36.1 Å². The average molecular weight is 723 g/mol. The maximum Gasteiger partial charge on any atom is 0.266 e. The van der Waals surface area contributed by atoms with Gasteiger partial charge < -0.3 is 24.7 Å². The lowest BCUT2D eigenvalue weighted by Crippen LogP contribution is -2.44. The van der Waals surface area contributed by atoms with E-state index in [1.54, 1.807) is 58.0 Å². The number of aliphatic hydroxyl groups is 2. The number of anilines is 3. The summed E-state index contributed by atoms with van der Waals surface area (Å²) in [6.07, 6.45) is 5.20. The van der Waals surface area contributed by atoms with Crippen molar-refractivity contribution in [2.75, 3.05) is 23.0 Å². The van der Waals surface area contributed by atoms with Crippen LogP contribution in [-0.2, 0) is 21.7 Å². The van der Waals surface area contributed by atoms with E-state index in [0.29, 0.717) is 46.2 Å². The highest BCUT2D eigenvalue weighted by Crippen LogP contribution is 2.47. The Labute approximate surface area is 293 Å². The molecule has 2 N–H and O–H groups in total. The van der Waals surface area contributed by atoms with Gasteiger partial charge in [0, 0.05) is 34.6 Å². The Bertz CT molecular complexity index is 1960. The number of amides is 3. The first-order valence-corrected chi connectivity index (χ1v) is 17.2. The van der Waals surface area contributed by atoms with Crippen LogP contribution in [0.1, 0.15) is 47.7 Å². The summed E-state index contributed by atoms with van der Waals surface area (Å²) in [5, 5.41) is 21.7. The van der Waals surface area contributed by atoms with Crippen molar-refractivity contribution in [3.8, 4) is 11.5 Å². The number of para-hydroxylation sites is 3. The lowest BCUT2D eigenvalue weighted by atomic mass is 9.83. The summed E-state index contributed by atoms with van der Waals surface area (Å²) in [7, 11) is 0. The van der Waals surface area contributed by atoms with Crippen molar-refractivity contribution in [1.82, 2.24) is 4.90 Å². The summed E-state index contributed by atoms with van der Waals surface area (Å²) in [6, 6.07) is 27.3. The van der Waals surface area contributed by atoms with E-state index in [9.17, 15) is 24.6 Å². The molecule has 3 atom stereocenters. The summed E-state index contributed by atoms with van der Waals surface area (Å²) in [5.74, 6) is -0.349. The minimum Gasteiger partial charge on any atom is -0.454 e. The number of ether oxygens (including phenoxy) is 1. The standard InChI is InChI=1S/C39H36BrN3O6/c1-25(8-6-14-36(45)41-21-7-9-29(41)24-44)39(48)31-22-27(40)17-20-32(31)42(38(39)47)23-26-15-18-28(19-16-26)43-33-11-3-5-13-35(33)49-34-12-4-2-10-30(34)37(43)46/h2-6,8,10-13,15-20,22,25,29,44,48H,7,9,14,21,23-24H2,1H3/b8-6+/t25-,29-,39+/m0/s1. The van der Waals surface area contributed by atoms with Gasteiger partial charge in [-0.05, 0) is 73.0 Å². The lowest BCUT2D eigenvalue weighted by molar-refractivity contribution is -0.139. The molecule has 10 heteroatoms. The second-order valence-corrected chi connectivity index (χ2v) is 13.6. The van der Waals surface area contributed by atoms with Crippen LogP contribution >= 0.6 is 15.9 Å². The van der Waals surface area contributed by atoms with Crippen molar-refractivity contribution in [3.63, 3.8) is 0 Å². The molecule has 0 spiro atoms. The first kappa shape index (κ1) is 32.8. The van der Waals surface area contributed by atoms with E-state index < -0.39 is 17.4 Å². The molecule has 9 nitrogen and oxygen atoms in total. The number of likely N-dealkylation sites (tertiary alicyclic amines) is 1. The van der Waals surface area contributed by atoms with E-state index in [1.165, 1.54) is 0 Å². The van der Waals surface area contributed by atoms with Gasteiger partial charge in [0.15, 0.2) is 11.4 Å². The third-order valence-electron chi connectivity index (χ3n) is 9.70. The number of hydrogen-bond acceptors (Lipinski definition) is 6. The maximum absolute atomic E-state index is 14.1. The van der Waals surface area contributed by atoms with E-state index >= 15 is 0 Å². The summed E-state index contributed by atoms with van der Waals surface area (Å²) in [5.41, 5.74) is 1.75. The van der Waals surface area contributed by atoms with Crippen LogP contribution in [-0.4, -0.2) is 52.0 Å². The molecule has 1 fully saturated rings. The SMILES string of the molecule is C[C@@H](/C=C/CC(=O)N1CCC[C@H]1CO)[C@]1(O)C(=O)N(Cc2ccc(N3C(=O)c4ccccc4Oc4ccccc43)cc2)c2ccc(Br)cc21. The summed E-state index contributed by atoms with van der Waals surface area (Å²) in [4.78, 5) is 45.7. The van der Waals surface area contributed by atoms with Crippen LogP contribution in [0.4, 0.5) is 17.1 Å². The number of halogens is 1. The number of fused-ring (bicyclic) bond motifs is 3. The van der Waals surface area contributed by atoms with Crippen LogP contribution < -0.4 is 14.5 Å². The van der Waals surface area contributed by atoms with Gasteiger partial charge in [0.2, 0.25) is 5.91 Å². The van der Waals surface area contributed by atoms with E-state index in [2.05, 4.69) is 15.9 Å². The molecule has 0 bridgehead atoms. The van der Waals surface area contributed by atoms with Crippen molar-refractivity contribution in [2.45, 2.75) is 44.4 Å². The third kappa shape index (κ3) is 5.83. The fourth-order valence-electron chi connectivity index (χ4n) is 7.06. The Morgan fingerprint density at radius 3 is 2.51 bits per heavy atom. The van der Waals surface area contributed by atoms with Gasteiger partial charge in [-0.1, -0.05) is 71.4 Å². The minimum atomic E-state index is -1.85. The predicted molar refractivity (Wildman–Crippen MR) is 190 cm³/mol. The van der Waals surface area contributed by atoms with Gasteiger partial charge in [-0.15, -0.1) is 0 Å². The van der Waals surface area contributed by atoms with Crippen LogP contribution in [0.25, 0.3) is 0 Å². The molecule has 0 aromatic heterocycles. The Morgan fingerprint density at radius 2 is 1.73 bits per heavy atom. The molecule has 0 unspecified atom stereocenters. The Morgan fingerprint density at radius 1 is 1.00 bits per heavy atom. The zero-order valence-electron chi connectivity index (χ0n) is 27.0. The van der Waals surface area contributed by atoms with Crippen LogP contribution in [0.3, 0.4) is 0 Å². The van der Waals surface area contributed by atoms with E-state index in [0.717, 1.165) is 22.9 Å². The molecule has 49 heavy (non-hydrogen) atoms. The zero-order valence-corrected chi connectivity index (χ0v) is 28.5. The molecule has 7 rings (SSSR count). The molecule has 4 aromatic carbocycles. The van der Waals surface area contributed by atoms with Crippen molar-refractivity contribution >= 4 is 50.7 Å². The molecule has 0 aliphatic carbocycles. The van der Waals surface area contributed by atoms with Gasteiger partial charge in [-0.2, -0.15) is 0 Å². The second-order valence-electron chi connectivity index (χ2n) is 12.7. The molecule has 250 valence electrons. The van der Waals surface area contributed by atoms with E-state index in [4.69, 9.17) is 4.74 Å². The molecule has 3 aliphatic rings. The first-order valence-electron chi connectivity index (χ1n) is 16.4. The first-order chi connectivity index (χ1) is 23.7. The topological polar surface area (TPSA) is 111 Å². The van der Waals surface area contributed by atoms with Crippen molar-refractivity contribution in [1.29, 1.82) is 0 Å². The minimum absolute atomic E-state index is 0.0574. The summed E-state index contributed by atoms with van der Waals surface area (Å²) >= 11 is 3.50. The lowest BCUT2D eigenvalue weighted by Gasteiger charge is -2.28. The molecule has 3 heterocycles. The molecule has 4 aromatic rings. The Balaban J connectivity index is 1.13. The fourth-order valence-corrected chi connectivity index (χ4v) is 7.42. The normalized spacial score (nSPS) is 20.6. The number of carbonyl (C=O) groups is 3. The largest absolute Gasteiger partial charge is 0.454 e. The highest BCUT2D eigenvalue weighted by Gasteiger charge is 2.52. The highest BCUT2D eigenvalue weighted by atomic mass is 79.9. The van der Waals surface area contributed by atoms with Gasteiger partial charge >= 0.3 is 0 Å².